The molecule has 15 heteroatoms. The minimum Gasteiger partial charge on any atom is -0.434 e. The Balaban J connectivity index is 1.44. The number of fused-ring (bicyclic) bond motifs is 2. The summed E-state index contributed by atoms with van der Waals surface area (Å²) in [6.45, 7) is -2.11. The molecule has 5 heterocycles. The minimum atomic E-state index is -3.05. The highest BCUT2D eigenvalue weighted by atomic mass is 32.2. The van der Waals surface area contributed by atoms with E-state index in [2.05, 4.69) is 36.1 Å². The number of rotatable bonds is 7. The molecule has 0 saturated heterocycles. The van der Waals surface area contributed by atoms with Crippen molar-refractivity contribution in [2.24, 2.45) is 7.05 Å². The number of aromatic nitrogens is 8. The average molecular weight is 539 g/mol. The first-order chi connectivity index (χ1) is 18.4. The maximum absolute atomic E-state index is 13.4. The number of alkyl halides is 2. The van der Waals surface area contributed by atoms with Gasteiger partial charge < -0.3 is 15.4 Å². The van der Waals surface area contributed by atoms with Crippen molar-refractivity contribution in [1.29, 1.82) is 0 Å². The summed E-state index contributed by atoms with van der Waals surface area (Å²) in [4.78, 5) is 18.4. The van der Waals surface area contributed by atoms with Gasteiger partial charge in [0.05, 0.1) is 24.1 Å². The van der Waals surface area contributed by atoms with Gasteiger partial charge in [-0.05, 0) is 12.1 Å². The molecular weight excluding hydrogens is 518 g/mol. The number of nitrogens with one attached hydrogen (secondary N) is 2. The van der Waals surface area contributed by atoms with Gasteiger partial charge in [-0.15, -0.1) is 16.9 Å². The second kappa shape index (κ2) is 9.74. The van der Waals surface area contributed by atoms with Crippen LogP contribution in [-0.2, 0) is 13.6 Å². The second-order valence-corrected chi connectivity index (χ2v) is 9.51. The van der Waals surface area contributed by atoms with Gasteiger partial charge in [0.1, 0.15) is 22.7 Å². The van der Waals surface area contributed by atoms with E-state index in [-0.39, 0.29) is 23.6 Å². The number of ether oxygens (including phenoxy) is 1. The molecule has 4 aromatic heterocycles. The summed E-state index contributed by atoms with van der Waals surface area (Å²) < 4.78 is 36.3. The van der Waals surface area contributed by atoms with Gasteiger partial charge >= 0.3 is 6.61 Å². The van der Waals surface area contributed by atoms with Gasteiger partial charge in [0, 0.05) is 60.7 Å². The van der Waals surface area contributed by atoms with E-state index in [1.54, 1.807) is 65.1 Å². The number of carbonyl (C=O) groups is 1. The standard InChI is InChI=1S/C23H20F2N10O2S/c1-33-10-13(30-32-33)11-34-12-17(29-22(36)15-9-28-35-5-2-3-27-21(15)35)20(31-34)14-7-19-16(26-4-6-38-19)8-18(14)37-23(24)25/h2-3,5,7-10,12,23,26H,4,6,11H2,1H3,(H,29,36). The van der Waals surface area contributed by atoms with Gasteiger partial charge in [-0.2, -0.15) is 19.0 Å². The van der Waals surface area contributed by atoms with E-state index < -0.39 is 12.5 Å². The molecule has 0 aliphatic carbocycles. The van der Waals surface area contributed by atoms with Crippen LogP contribution < -0.4 is 15.4 Å². The third-order valence-electron chi connectivity index (χ3n) is 5.74. The molecule has 0 fully saturated rings. The lowest BCUT2D eigenvalue weighted by molar-refractivity contribution is -0.0494. The van der Waals surface area contributed by atoms with Crippen LogP contribution in [0.4, 0.5) is 20.2 Å². The van der Waals surface area contributed by atoms with Crippen LogP contribution in [0, 0.1) is 0 Å². The number of amides is 1. The van der Waals surface area contributed by atoms with Gasteiger partial charge in [0.15, 0.2) is 5.65 Å². The fourth-order valence-corrected chi connectivity index (χ4v) is 5.06. The van der Waals surface area contributed by atoms with Gasteiger partial charge in [-0.1, -0.05) is 5.21 Å². The Labute approximate surface area is 218 Å². The van der Waals surface area contributed by atoms with Gasteiger partial charge in [-0.25, -0.2) is 9.50 Å². The zero-order valence-corrected chi connectivity index (χ0v) is 20.7. The highest BCUT2D eigenvalue weighted by molar-refractivity contribution is 7.99. The van der Waals surface area contributed by atoms with E-state index in [4.69, 9.17) is 4.74 Å². The van der Waals surface area contributed by atoms with Crippen LogP contribution in [0.15, 0.2) is 54.1 Å². The molecule has 194 valence electrons. The highest BCUT2D eigenvalue weighted by Crippen LogP contribution is 2.43. The monoisotopic (exact) mass is 538 g/mol. The van der Waals surface area contributed by atoms with Crippen LogP contribution in [0.2, 0.25) is 0 Å². The molecule has 2 N–H and O–H groups in total. The first-order valence-electron chi connectivity index (χ1n) is 11.5. The molecule has 0 radical (unpaired) electrons. The van der Waals surface area contributed by atoms with Crippen LogP contribution in [-0.4, -0.2) is 64.2 Å². The van der Waals surface area contributed by atoms with Crippen LogP contribution in [0.25, 0.3) is 16.9 Å². The smallest absolute Gasteiger partial charge is 0.387 e. The van der Waals surface area contributed by atoms with Crippen LogP contribution >= 0.6 is 11.8 Å². The topological polar surface area (TPSA) is 129 Å². The molecule has 0 unspecified atom stereocenters. The Bertz CT molecular complexity index is 1650. The van der Waals surface area contributed by atoms with Crippen molar-refractivity contribution in [3.8, 4) is 17.0 Å². The Morgan fingerprint density at radius 1 is 1.32 bits per heavy atom. The lowest BCUT2D eigenvalue weighted by Gasteiger charge is -2.20. The van der Waals surface area contributed by atoms with Crippen LogP contribution in [0.1, 0.15) is 16.1 Å². The molecule has 0 atom stereocenters. The number of anilines is 2. The fraction of sp³-hybridized carbons (Fsp3) is 0.217. The number of hydrogen-bond acceptors (Lipinski definition) is 9. The summed E-state index contributed by atoms with van der Waals surface area (Å²) in [6.07, 6.45) is 7.99. The molecular formula is C23H20F2N10O2S. The lowest BCUT2D eigenvalue weighted by Crippen LogP contribution is -2.13. The largest absolute Gasteiger partial charge is 0.434 e. The molecule has 6 rings (SSSR count). The predicted octanol–water partition coefficient (Wildman–Crippen LogP) is 3.14. The molecule has 38 heavy (non-hydrogen) atoms. The lowest BCUT2D eigenvalue weighted by atomic mass is 10.1. The van der Waals surface area contributed by atoms with Crippen molar-refractivity contribution < 1.29 is 18.3 Å². The first kappa shape index (κ1) is 23.8. The highest BCUT2D eigenvalue weighted by Gasteiger charge is 2.24. The van der Waals surface area contributed by atoms with E-state index in [0.29, 0.717) is 34.8 Å². The van der Waals surface area contributed by atoms with Crippen molar-refractivity contribution in [3.05, 3.63) is 60.4 Å². The zero-order chi connectivity index (χ0) is 26.2. The molecule has 1 aliphatic heterocycles. The molecule has 12 nitrogen and oxygen atoms in total. The number of nitrogens with zero attached hydrogens (tertiary/aromatic N) is 8. The Kier molecular flexibility index (Phi) is 6.11. The molecule has 0 bridgehead atoms. The normalized spacial score (nSPS) is 12.9. The van der Waals surface area contributed by atoms with Crippen molar-refractivity contribution in [2.45, 2.75) is 18.1 Å². The predicted molar refractivity (Wildman–Crippen MR) is 135 cm³/mol. The maximum Gasteiger partial charge on any atom is 0.387 e. The second-order valence-electron chi connectivity index (χ2n) is 8.37. The van der Waals surface area contributed by atoms with Crippen LogP contribution in [0.3, 0.4) is 0 Å². The van der Waals surface area contributed by atoms with Gasteiger partial charge in [0.2, 0.25) is 0 Å². The van der Waals surface area contributed by atoms with E-state index in [9.17, 15) is 13.6 Å². The SMILES string of the molecule is Cn1cc(Cn2cc(NC(=O)c3cnn4cccnc34)c(-c3cc4c(cc3OC(F)F)NCCS4)n2)nn1. The summed E-state index contributed by atoms with van der Waals surface area (Å²) in [5, 5.41) is 22.9. The van der Waals surface area contributed by atoms with Crippen molar-refractivity contribution >= 4 is 34.7 Å². The van der Waals surface area contributed by atoms with Crippen molar-refractivity contribution in [3.63, 3.8) is 0 Å². The number of carbonyl (C=O) groups excluding carboxylic acids is 1. The Morgan fingerprint density at radius 2 is 2.21 bits per heavy atom. The summed E-state index contributed by atoms with van der Waals surface area (Å²) in [7, 11) is 1.74. The fourth-order valence-electron chi connectivity index (χ4n) is 4.15. The van der Waals surface area contributed by atoms with Crippen molar-refractivity contribution in [2.75, 3.05) is 22.9 Å². The Hall–Kier alpha value is -4.53. The van der Waals surface area contributed by atoms with E-state index >= 15 is 0 Å². The van der Waals surface area contributed by atoms with Gasteiger partial charge in [-0.3, -0.25) is 14.2 Å². The molecule has 0 spiro atoms. The van der Waals surface area contributed by atoms with Crippen LogP contribution in [0.5, 0.6) is 5.75 Å². The van der Waals surface area contributed by atoms with E-state index in [1.807, 2.05) is 0 Å². The Morgan fingerprint density at radius 3 is 3.03 bits per heavy atom. The summed E-state index contributed by atoms with van der Waals surface area (Å²) in [6, 6.07) is 4.97. The van der Waals surface area contributed by atoms with Gasteiger partial charge in [0.25, 0.3) is 5.91 Å². The third kappa shape index (κ3) is 4.63. The van der Waals surface area contributed by atoms with E-state index in [0.717, 1.165) is 10.6 Å². The first-order valence-corrected chi connectivity index (χ1v) is 12.5. The molecule has 0 saturated carbocycles. The average Bonchev–Trinajstić information content (AvgIpc) is 3.62. The number of aryl methyl sites for hydroxylation is 1. The quantitative estimate of drug-likeness (QED) is 0.321. The summed E-state index contributed by atoms with van der Waals surface area (Å²) in [5.74, 6) is 0.268. The molecule has 1 amide bonds. The summed E-state index contributed by atoms with van der Waals surface area (Å²) in [5.41, 5.74) is 2.80. The zero-order valence-electron chi connectivity index (χ0n) is 19.9. The minimum absolute atomic E-state index is 0.0633. The molecule has 5 aromatic rings. The van der Waals surface area contributed by atoms with Crippen molar-refractivity contribution in [1.82, 2.24) is 39.4 Å². The molecule has 1 aliphatic rings. The number of thioether (sulfide) groups is 1. The number of benzene rings is 1. The third-order valence-corrected chi connectivity index (χ3v) is 6.79. The van der Waals surface area contributed by atoms with E-state index in [1.165, 1.54) is 16.8 Å². The number of hydrogen-bond donors (Lipinski definition) is 2. The summed E-state index contributed by atoms with van der Waals surface area (Å²) >= 11 is 1.59. The molecule has 1 aromatic carbocycles. The number of halogens is 2. The maximum atomic E-state index is 13.4.